The molecule has 0 aliphatic rings. The first-order chi connectivity index (χ1) is 13.4. The Labute approximate surface area is 162 Å². The zero-order chi connectivity index (χ0) is 19.8. The van der Waals surface area contributed by atoms with Crippen LogP contribution in [-0.4, -0.2) is 14.8 Å². The number of fused-ring (bicyclic) bond motifs is 1. The molecule has 0 aliphatic carbocycles. The summed E-state index contributed by atoms with van der Waals surface area (Å²) < 4.78 is 16.0. The van der Waals surface area contributed by atoms with Gasteiger partial charge in [0.25, 0.3) is 5.56 Å². The van der Waals surface area contributed by atoms with Crippen LogP contribution in [0.2, 0.25) is 0 Å². The van der Waals surface area contributed by atoms with Gasteiger partial charge in [-0.05, 0) is 44.0 Å². The highest BCUT2D eigenvalue weighted by molar-refractivity contribution is 5.95. The summed E-state index contributed by atoms with van der Waals surface area (Å²) in [5.74, 6) is -0.587. The molecule has 2 aromatic heterocycles. The van der Waals surface area contributed by atoms with Gasteiger partial charge < -0.3 is 0 Å². The number of aryl methyl sites for hydroxylation is 3. The molecule has 0 N–H and O–H groups in total. The number of halogens is 1. The summed E-state index contributed by atoms with van der Waals surface area (Å²) >= 11 is 0. The van der Waals surface area contributed by atoms with Crippen molar-refractivity contribution in [1.29, 1.82) is 0 Å². The summed E-state index contributed by atoms with van der Waals surface area (Å²) in [6, 6.07) is 16.9. The van der Waals surface area contributed by atoms with Crippen LogP contribution >= 0.6 is 0 Å². The molecule has 5 heteroatoms. The van der Waals surface area contributed by atoms with Gasteiger partial charge in [-0.25, -0.2) is 9.67 Å². The maximum atomic E-state index is 14.6. The Balaban J connectivity index is 1.98. The molecule has 2 aromatic carbocycles. The second-order valence-electron chi connectivity index (χ2n) is 7.09. The fourth-order valence-electron chi connectivity index (χ4n) is 3.37. The predicted octanol–water partition coefficient (Wildman–Crippen LogP) is 4.57. The van der Waals surface area contributed by atoms with E-state index in [4.69, 9.17) is 0 Å². The van der Waals surface area contributed by atoms with Crippen LogP contribution in [0.15, 0.2) is 59.4 Å². The molecule has 0 spiro atoms. The minimum absolute atomic E-state index is 0.182. The lowest BCUT2D eigenvalue weighted by molar-refractivity contribution is 0.581. The fraction of sp³-hybridized carbons (Fsp3) is 0.174. The van der Waals surface area contributed by atoms with Gasteiger partial charge in [-0.1, -0.05) is 48.0 Å². The molecule has 2 heterocycles. The van der Waals surface area contributed by atoms with Crippen molar-refractivity contribution in [2.24, 2.45) is 0 Å². The van der Waals surface area contributed by atoms with Crippen molar-refractivity contribution in [3.05, 3.63) is 93.3 Å². The third-order valence-electron chi connectivity index (χ3n) is 4.89. The van der Waals surface area contributed by atoms with Crippen molar-refractivity contribution in [2.45, 2.75) is 27.3 Å². The maximum absolute atomic E-state index is 14.6. The SMILES string of the molecule is Cc1ccc(Cn2nc(-c3ccc(C)nc3F)c3cccc(C)c3c2=O)cc1. The van der Waals surface area contributed by atoms with Gasteiger partial charge in [0.1, 0.15) is 5.69 Å². The number of nitrogens with zero attached hydrogens (tertiary/aromatic N) is 3. The Morgan fingerprint density at radius 1 is 0.964 bits per heavy atom. The molecule has 28 heavy (non-hydrogen) atoms. The smallest absolute Gasteiger partial charge is 0.267 e. The van der Waals surface area contributed by atoms with Crippen LogP contribution in [0.25, 0.3) is 22.0 Å². The van der Waals surface area contributed by atoms with Gasteiger partial charge in [0.15, 0.2) is 0 Å². The van der Waals surface area contributed by atoms with E-state index in [9.17, 15) is 9.18 Å². The minimum atomic E-state index is -0.587. The second kappa shape index (κ2) is 7.00. The number of rotatable bonds is 3. The predicted molar refractivity (Wildman–Crippen MR) is 109 cm³/mol. The lowest BCUT2D eigenvalue weighted by Crippen LogP contribution is -2.25. The monoisotopic (exact) mass is 373 g/mol. The zero-order valence-electron chi connectivity index (χ0n) is 16.0. The van der Waals surface area contributed by atoms with Crippen molar-refractivity contribution in [3.63, 3.8) is 0 Å². The molecular formula is C23H20FN3O. The molecular weight excluding hydrogens is 353 g/mol. The van der Waals surface area contributed by atoms with Crippen molar-refractivity contribution in [2.75, 3.05) is 0 Å². The van der Waals surface area contributed by atoms with Crippen LogP contribution in [-0.2, 0) is 6.54 Å². The molecule has 0 saturated heterocycles. The molecule has 0 bridgehead atoms. The Bertz CT molecular complexity index is 1240. The molecule has 0 unspecified atom stereocenters. The summed E-state index contributed by atoms with van der Waals surface area (Å²) in [4.78, 5) is 17.1. The average Bonchev–Trinajstić information content (AvgIpc) is 2.66. The van der Waals surface area contributed by atoms with Crippen molar-refractivity contribution < 1.29 is 4.39 Å². The van der Waals surface area contributed by atoms with E-state index in [1.165, 1.54) is 4.68 Å². The highest BCUT2D eigenvalue weighted by atomic mass is 19.1. The van der Waals surface area contributed by atoms with Crippen LogP contribution in [0.5, 0.6) is 0 Å². The van der Waals surface area contributed by atoms with Crippen LogP contribution in [0, 0.1) is 26.7 Å². The lowest BCUT2D eigenvalue weighted by atomic mass is 10.0. The quantitative estimate of drug-likeness (QED) is 0.494. The van der Waals surface area contributed by atoms with Crippen molar-refractivity contribution in [3.8, 4) is 11.3 Å². The van der Waals surface area contributed by atoms with E-state index < -0.39 is 5.95 Å². The average molecular weight is 373 g/mol. The first-order valence-electron chi connectivity index (χ1n) is 9.13. The molecule has 4 aromatic rings. The van der Waals surface area contributed by atoms with Gasteiger partial charge in [0, 0.05) is 11.1 Å². The highest BCUT2D eigenvalue weighted by Gasteiger charge is 2.17. The molecule has 0 amide bonds. The number of hydrogen-bond acceptors (Lipinski definition) is 3. The standard InChI is InChI=1S/C23H20FN3O/c1-14-7-10-17(11-8-14)13-27-23(28)20-15(2)5-4-6-18(20)21(26-27)19-12-9-16(3)25-22(19)24/h4-12H,13H2,1-3H3. The Morgan fingerprint density at radius 2 is 1.71 bits per heavy atom. The minimum Gasteiger partial charge on any atom is -0.267 e. The van der Waals surface area contributed by atoms with Crippen LogP contribution in [0.4, 0.5) is 4.39 Å². The third-order valence-corrected chi connectivity index (χ3v) is 4.89. The Morgan fingerprint density at radius 3 is 2.43 bits per heavy atom. The fourth-order valence-corrected chi connectivity index (χ4v) is 3.37. The largest absolute Gasteiger partial charge is 0.275 e. The van der Waals surface area contributed by atoms with Crippen LogP contribution in [0.3, 0.4) is 0 Å². The molecule has 140 valence electrons. The zero-order valence-corrected chi connectivity index (χ0v) is 16.0. The van der Waals surface area contributed by atoms with E-state index in [1.54, 1.807) is 19.1 Å². The van der Waals surface area contributed by atoms with Gasteiger partial charge >= 0.3 is 0 Å². The number of benzene rings is 2. The van der Waals surface area contributed by atoms with E-state index in [1.807, 2.05) is 56.3 Å². The molecule has 0 radical (unpaired) electrons. The van der Waals surface area contributed by atoms with Gasteiger partial charge in [-0.15, -0.1) is 0 Å². The molecule has 0 aliphatic heterocycles. The van der Waals surface area contributed by atoms with E-state index in [0.29, 0.717) is 34.3 Å². The van der Waals surface area contributed by atoms with Gasteiger partial charge in [0.2, 0.25) is 5.95 Å². The number of hydrogen-bond donors (Lipinski definition) is 0. The highest BCUT2D eigenvalue weighted by Crippen LogP contribution is 2.28. The first-order valence-corrected chi connectivity index (χ1v) is 9.13. The summed E-state index contributed by atoms with van der Waals surface area (Å²) in [5, 5.41) is 5.73. The number of aromatic nitrogens is 3. The molecule has 0 fully saturated rings. The second-order valence-corrected chi connectivity index (χ2v) is 7.09. The molecule has 0 atom stereocenters. The third kappa shape index (κ3) is 3.20. The Kier molecular flexibility index (Phi) is 4.51. The van der Waals surface area contributed by atoms with E-state index in [2.05, 4.69) is 10.1 Å². The summed E-state index contributed by atoms with van der Waals surface area (Å²) in [6.45, 7) is 5.95. The van der Waals surface area contributed by atoms with Crippen LogP contribution in [0.1, 0.15) is 22.4 Å². The normalized spacial score (nSPS) is 11.1. The van der Waals surface area contributed by atoms with Gasteiger partial charge in [-0.2, -0.15) is 9.49 Å². The van der Waals surface area contributed by atoms with Gasteiger partial charge in [-0.3, -0.25) is 4.79 Å². The summed E-state index contributed by atoms with van der Waals surface area (Å²) in [6.07, 6.45) is 0. The van der Waals surface area contributed by atoms with E-state index >= 15 is 0 Å². The van der Waals surface area contributed by atoms with Crippen LogP contribution < -0.4 is 5.56 Å². The maximum Gasteiger partial charge on any atom is 0.275 e. The van der Waals surface area contributed by atoms with E-state index in [-0.39, 0.29) is 5.56 Å². The topological polar surface area (TPSA) is 47.8 Å². The summed E-state index contributed by atoms with van der Waals surface area (Å²) in [7, 11) is 0. The number of pyridine rings is 1. The van der Waals surface area contributed by atoms with E-state index in [0.717, 1.165) is 16.7 Å². The molecule has 0 saturated carbocycles. The first kappa shape index (κ1) is 18.0. The van der Waals surface area contributed by atoms with Gasteiger partial charge in [0.05, 0.1) is 17.5 Å². The van der Waals surface area contributed by atoms with Crippen molar-refractivity contribution >= 4 is 10.8 Å². The molecule has 4 nitrogen and oxygen atoms in total. The molecule has 4 rings (SSSR count). The van der Waals surface area contributed by atoms with Crippen molar-refractivity contribution in [1.82, 2.24) is 14.8 Å². The lowest BCUT2D eigenvalue weighted by Gasteiger charge is -2.13. The Hall–Kier alpha value is -3.34. The summed E-state index contributed by atoms with van der Waals surface area (Å²) in [5.41, 5.74) is 4.07.